The van der Waals surface area contributed by atoms with Gasteiger partial charge in [0.2, 0.25) is 0 Å². The summed E-state index contributed by atoms with van der Waals surface area (Å²) in [5.74, 6) is -1.47. The smallest absolute Gasteiger partial charge is 0.337 e. The Balaban J connectivity index is 2.93. The molecule has 0 fully saturated rings. The molecule has 1 atom stereocenters. The van der Waals surface area contributed by atoms with Crippen molar-refractivity contribution in [2.45, 2.75) is 12.5 Å². The predicted molar refractivity (Wildman–Crippen MR) is 76.9 cm³/mol. The molecule has 8 heteroatoms. The van der Waals surface area contributed by atoms with Crippen molar-refractivity contribution in [1.29, 1.82) is 0 Å². The Bertz CT molecular complexity index is 531. The van der Waals surface area contributed by atoms with Crippen LogP contribution in [-0.4, -0.2) is 53.3 Å². The number of rotatable bonds is 5. The van der Waals surface area contributed by atoms with Gasteiger partial charge in [-0.15, -0.1) is 0 Å². The van der Waals surface area contributed by atoms with Crippen LogP contribution in [0.1, 0.15) is 17.3 Å². The summed E-state index contributed by atoms with van der Waals surface area (Å²) in [4.78, 5) is 28.6. The van der Waals surface area contributed by atoms with E-state index in [1.165, 1.54) is 0 Å². The number of aromatic nitrogens is 1. The molecule has 0 radical (unpaired) electrons. The molecular formula is C12H16BrN3O4. The van der Waals surface area contributed by atoms with Gasteiger partial charge in [-0.2, -0.15) is 0 Å². The number of carboxylic acid groups (broad SMARTS) is 1. The van der Waals surface area contributed by atoms with Gasteiger partial charge in [0.05, 0.1) is 12.1 Å². The van der Waals surface area contributed by atoms with Gasteiger partial charge in [0.15, 0.2) is 5.60 Å². The van der Waals surface area contributed by atoms with Gasteiger partial charge in [-0.3, -0.25) is 4.79 Å². The standard InChI is InChI=1S/C12H16BrN3O4/c1-12(20,11(18)19)6-15-10(17)8-4-7(13)5-14-9(8)16(2)3/h4-5,20H,6H2,1-3H3,(H,15,17)(H,18,19). The number of amides is 1. The third-order valence-corrected chi connectivity index (χ3v) is 2.99. The lowest BCUT2D eigenvalue weighted by molar-refractivity contribution is -0.155. The molecule has 0 saturated carbocycles. The molecule has 1 aromatic heterocycles. The monoisotopic (exact) mass is 345 g/mol. The summed E-state index contributed by atoms with van der Waals surface area (Å²) in [6, 6.07) is 1.58. The Morgan fingerprint density at radius 3 is 2.60 bits per heavy atom. The number of anilines is 1. The molecule has 0 aliphatic rings. The summed E-state index contributed by atoms with van der Waals surface area (Å²) in [5.41, 5.74) is -1.74. The summed E-state index contributed by atoms with van der Waals surface area (Å²) in [5, 5.41) is 20.7. The van der Waals surface area contributed by atoms with Crippen LogP contribution in [0.3, 0.4) is 0 Å². The number of aliphatic carboxylic acids is 1. The van der Waals surface area contributed by atoms with Crippen molar-refractivity contribution in [3.05, 3.63) is 22.3 Å². The first kappa shape index (κ1) is 16.4. The number of hydrogen-bond donors (Lipinski definition) is 3. The third kappa shape index (κ3) is 3.91. The van der Waals surface area contributed by atoms with Crippen LogP contribution < -0.4 is 10.2 Å². The highest BCUT2D eigenvalue weighted by molar-refractivity contribution is 9.10. The van der Waals surface area contributed by atoms with Gasteiger partial charge < -0.3 is 20.4 Å². The molecule has 1 amide bonds. The SMILES string of the molecule is CN(C)c1ncc(Br)cc1C(=O)NCC(C)(O)C(=O)O. The topological polar surface area (TPSA) is 103 Å². The molecule has 20 heavy (non-hydrogen) atoms. The highest BCUT2D eigenvalue weighted by Crippen LogP contribution is 2.20. The molecule has 0 saturated heterocycles. The fourth-order valence-corrected chi connectivity index (χ4v) is 1.71. The zero-order valence-electron chi connectivity index (χ0n) is 11.3. The highest BCUT2D eigenvalue weighted by Gasteiger charge is 2.30. The summed E-state index contributed by atoms with van der Waals surface area (Å²) < 4.78 is 0.623. The van der Waals surface area contributed by atoms with Crippen molar-refractivity contribution in [3.8, 4) is 0 Å². The van der Waals surface area contributed by atoms with Crippen molar-refractivity contribution in [1.82, 2.24) is 10.3 Å². The summed E-state index contributed by atoms with van der Waals surface area (Å²) >= 11 is 3.22. The molecule has 0 aliphatic heterocycles. The van der Waals surface area contributed by atoms with Gasteiger partial charge in [0.25, 0.3) is 5.91 Å². The number of aliphatic hydroxyl groups is 1. The molecule has 1 aromatic rings. The van der Waals surface area contributed by atoms with Gasteiger partial charge in [0.1, 0.15) is 5.82 Å². The third-order valence-electron chi connectivity index (χ3n) is 2.56. The Morgan fingerprint density at radius 1 is 1.50 bits per heavy atom. The van der Waals surface area contributed by atoms with Crippen LogP contribution >= 0.6 is 15.9 Å². The van der Waals surface area contributed by atoms with E-state index in [1.54, 1.807) is 31.3 Å². The first-order valence-electron chi connectivity index (χ1n) is 5.72. The van der Waals surface area contributed by atoms with Gasteiger partial charge in [-0.25, -0.2) is 9.78 Å². The number of carboxylic acids is 1. The first-order valence-corrected chi connectivity index (χ1v) is 6.51. The number of halogens is 1. The lowest BCUT2D eigenvalue weighted by Crippen LogP contribution is -2.46. The minimum Gasteiger partial charge on any atom is -0.479 e. The Labute approximate surface area is 124 Å². The minimum atomic E-state index is -2.02. The number of nitrogens with one attached hydrogen (secondary N) is 1. The van der Waals surface area contributed by atoms with E-state index in [1.807, 2.05) is 0 Å². The van der Waals surface area contributed by atoms with E-state index >= 15 is 0 Å². The largest absolute Gasteiger partial charge is 0.479 e. The quantitative estimate of drug-likeness (QED) is 0.717. The van der Waals surface area contributed by atoms with Crippen LogP contribution in [0.5, 0.6) is 0 Å². The van der Waals surface area contributed by atoms with Crippen LogP contribution in [0.15, 0.2) is 16.7 Å². The summed E-state index contributed by atoms with van der Waals surface area (Å²) in [6.45, 7) is 0.710. The second-order valence-electron chi connectivity index (χ2n) is 4.68. The van der Waals surface area contributed by atoms with E-state index < -0.39 is 24.0 Å². The fraction of sp³-hybridized carbons (Fsp3) is 0.417. The molecule has 3 N–H and O–H groups in total. The van der Waals surface area contributed by atoms with E-state index in [2.05, 4.69) is 26.2 Å². The maximum Gasteiger partial charge on any atom is 0.337 e. The second kappa shape index (κ2) is 6.19. The van der Waals surface area contributed by atoms with Gasteiger partial charge in [0, 0.05) is 24.8 Å². The average molecular weight is 346 g/mol. The molecular weight excluding hydrogens is 330 g/mol. The number of hydrogen-bond acceptors (Lipinski definition) is 5. The lowest BCUT2D eigenvalue weighted by Gasteiger charge is -2.20. The number of pyridine rings is 1. The summed E-state index contributed by atoms with van der Waals surface area (Å²) in [6.07, 6.45) is 1.56. The zero-order chi connectivity index (χ0) is 15.5. The van der Waals surface area contributed by atoms with Gasteiger partial charge in [-0.1, -0.05) is 0 Å². The van der Waals surface area contributed by atoms with Crippen molar-refractivity contribution >= 4 is 33.6 Å². The maximum atomic E-state index is 12.1. The van der Waals surface area contributed by atoms with Crippen LogP contribution in [0.25, 0.3) is 0 Å². The van der Waals surface area contributed by atoms with E-state index in [9.17, 15) is 14.7 Å². The molecule has 0 aliphatic carbocycles. The Morgan fingerprint density at radius 2 is 2.10 bits per heavy atom. The Kier molecular flexibility index (Phi) is 5.07. The van der Waals surface area contributed by atoms with Crippen molar-refractivity contribution in [2.75, 3.05) is 25.5 Å². The van der Waals surface area contributed by atoms with E-state index in [4.69, 9.17) is 5.11 Å². The molecule has 0 bridgehead atoms. The maximum absolute atomic E-state index is 12.1. The van der Waals surface area contributed by atoms with E-state index in [0.29, 0.717) is 10.3 Å². The molecule has 1 rings (SSSR count). The van der Waals surface area contributed by atoms with Crippen LogP contribution in [0, 0.1) is 0 Å². The fourth-order valence-electron chi connectivity index (χ4n) is 1.38. The van der Waals surface area contributed by atoms with Crippen molar-refractivity contribution < 1.29 is 19.8 Å². The minimum absolute atomic E-state index is 0.283. The predicted octanol–water partition coefficient (Wildman–Crippen LogP) is 0.475. The molecule has 1 heterocycles. The van der Waals surface area contributed by atoms with Gasteiger partial charge in [-0.05, 0) is 28.9 Å². The second-order valence-corrected chi connectivity index (χ2v) is 5.60. The molecule has 1 unspecified atom stereocenters. The van der Waals surface area contributed by atoms with E-state index in [-0.39, 0.29) is 5.56 Å². The van der Waals surface area contributed by atoms with E-state index in [0.717, 1.165) is 6.92 Å². The normalized spacial score (nSPS) is 13.4. The van der Waals surface area contributed by atoms with Crippen LogP contribution in [-0.2, 0) is 4.79 Å². The number of nitrogens with zero attached hydrogens (tertiary/aromatic N) is 2. The molecule has 0 spiro atoms. The van der Waals surface area contributed by atoms with Crippen molar-refractivity contribution in [3.63, 3.8) is 0 Å². The van der Waals surface area contributed by atoms with Crippen LogP contribution in [0.2, 0.25) is 0 Å². The average Bonchev–Trinajstić information content (AvgIpc) is 2.35. The Hall–Kier alpha value is -1.67. The lowest BCUT2D eigenvalue weighted by atomic mass is 10.1. The molecule has 0 aromatic carbocycles. The van der Waals surface area contributed by atoms with Crippen molar-refractivity contribution in [2.24, 2.45) is 0 Å². The van der Waals surface area contributed by atoms with Crippen LogP contribution in [0.4, 0.5) is 5.82 Å². The first-order chi connectivity index (χ1) is 9.15. The summed E-state index contributed by atoms with van der Waals surface area (Å²) in [7, 11) is 3.47. The number of carbonyl (C=O) groups excluding carboxylic acids is 1. The molecule has 110 valence electrons. The molecule has 7 nitrogen and oxygen atoms in total. The number of carbonyl (C=O) groups is 2. The zero-order valence-corrected chi connectivity index (χ0v) is 12.9. The highest BCUT2D eigenvalue weighted by atomic mass is 79.9. The van der Waals surface area contributed by atoms with Gasteiger partial charge >= 0.3 is 5.97 Å².